The van der Waals surface area contributed by atoms with Gasteiger partial charge in [0.15, 0.2) is 0 Å². The maximum atomic E-state index is 12.4. The number of benzene rings is 3. The highest BCUT2D eigenvalue weighted by Gasteiger charge is 2.11. The van der Waals surface area contributed by atoms with Crippen LogP contribution in [-0.4, -0.2) is 26.7 Å². The molecule has 0 spiro atoms. The van der Waals surface area contributed by atoms with Crippen LogP contribution in [0.1, 0.15) is 18.5 Å². The molecule has 0 heterocycles. The third kappa shape index (κ3) is 5.36. The fourth-order valence-corrected chi connectivity index (χ4v) is 3.06. The van der Waals surface area contributed by atoms with Gasteiger partial charge in [-0.05, 0) is 35.7 Å². The van der Waals surface area contributed by atoms with Gasteiger partial charge in [0.1, 0.15) is 11.5 Å². The molecule has 150 valence electrons. The summed E-state index contributed by atoms with van der Waals surface area (Å²) in [5.74, 6) is 1.09. The van der Waals surface area contributed by atoms with Gasteiger partial charge in [-0.3, -0.25) is 4.79 Å². The topological polar surface area (TPSA) is 59.6 Å². The molecular formula is C24H26N2O3. The Balaban J connectivity index is 1.58. The molecule has 0 saturated carbocycles. The average molecular weight is 390 g/mol. The molecule has 5 nitrogen and oxygen atoms in total. The summed E-state index contributed by atoms with van der Waals surface area (Å²) in [5.41, 5.74) is 4.06. The highest BCUT2D eigenvalue weighted by Crippen LogP contribution is 2.28. The molecule has 3 aromatic carbocycles. The summed E-state index contributed by atoms with van der Waals surface area (Å²) in [5, 5.41) is 6.13. The van der Waals surface area contributed by atoms with Crippen molar-refractivity contribution in [3.8, 4) is 22.6 Å². The molecule has 0 bridgehead atoms. The van der Waals surface area contributed by atoms with E-state index in [1.165, 1.54) is 11.1 Å². The van der Waals surface area contributed by atoms with Crippen LogP contribution in [0, 0.1) is 0 Å². The van der Waals surface area contributed by atoms with Gasteiger partial charge in [0.25, 0.3) is 0 Å². The second-order valence-corrected chi connectivity index (χ2v) is 6.71. The molecule has 3 rings (SSSR count). The molecule has 0 fully saturated rings. The van der Waals surface area contributed by atoms with Crippen LogP contribution in [0.3, 0.4) is 0 Å². The van der Waals surface area contributed by atoms with E-state index in [1.54, 1.807) is 32.4 Å². The number of hydrogen-bond donors (Lipinski definition) is 2. The fourth-order valence-electron chi connectivity index (χ4n) is 3.06. The number of carbonyl (C=O) groups is 1. The van der Waals surface area contributed by atoms with Gasteiger partial charge >= 0.3 is 0 Å². The van der Waals surface area contributed by atoms with E-state index in [1.807, 2.05) is 25.1 Å². The van der Waals surface area contributed by atoms with Crippen LogP contribution in [0.15, 0.2) is 72.8 Å². The predicted octanol–water partition coefficient (Wildman–Crippen LogP) is 4.66. The van der Waals surface area contributed by atoms with Gasteiger partial charge in [-0.1, -0.05) is 54.6 Å². The minimum Gasteiger partial charge on any atom is -0.497 e. The van der Waals surface area contributed by atoms with Gasteiger partial charge in [-0.15, -0.1) is 0 Å². The molecule has 0 saturated heterocycles. The van der Waals surface area contributed by atoms with Crippen LogP contribution >= 0.6 is 0 Å². The Morgan fingerprint density at radius 2 is 1.59 bits per heavy atom. The summed E-state index contributed by atoms with van der Waals surface area (Å²) >= 11 is 0. The Morgan fingerprint density at radius 1 is 0.897 bits per heavy atom. The lowest BCUT2D eigenvalue weighted by Gasteiger charge is -2.16. The van der Waals surface area contributed by atoms with Crippen molar-refractivity contribution >= 4 is 11.6 Å². The van der Waals surface area contributed by atoms with Crippen LogP contribution in [0.4, 0.5) is 5.69 Å². The number of hydrogen-bond acceptors (Lipinski definition) is 4. The highest BCUT2D eigenvalue weighted by molar-refractivity contribution is 5.94. The number of amides is 1. The van der Waals surface area contributed by atoms with Crippen molar-refractivity contribution in [2.75, 3.05) is 26.1 Å². The first-order valence-electron chi connectivity index (χ1n) is 9.51. The van der Waals surface area contributed by atoms with Crippen LogP contribution in [0.2, 0.25) is 0 Å². The summed E-state index contributed by atoms with van der Waals surface area (Å²) in [6.07, 6.45) is 0. The van der Waals surface area contributed by atoms with E-state index in [4.69, 9.17) is 9.47 Å². The van der Waals surface area contributed by atoms with Gasteiger partial charge in [0.2, 0.25) is 5.91 Å². The molecule has 0 radical (unpaired) electrons. The minimum atomic E-state index is -0.149. The van der Waals surface area contributed by atoms with Crippen molar-refractivity contribution < 1.29 is 14.3 Å². The van der Waals surface area contributed by atoms with Crippen LogP contribution in [0.25, 0.3) is 11.1 Å². The molecule has 0 aliphatic heterocycles. The van der Waals surface area contributed by atoms with Crippen molar-refractivity contribution in [3.63, 3.8) is 0 Å². The van der Waals surface area contributed by atoms with E-state index in [9.17, 15) is 4.79 Å². The number of methoxy groups -OCH3 is 2. The van der Waals surface area contributed by atoms with E-state index in [2.05, 4.69) is 47.0 Å². The fraction of sp³-hybridized carbons (Fsp3) is 0.208. The van der Waals surface area contributed by atoms with E-state index in [0.717, 1.165) is 5.56 Å². The first-order valence-corrected chi connectivity index (χ1v) is 9.51. The first kappa shape index (κ1) is 20.4. The molecule has 0 aliphatic carbocycles. The predicted molar refractivity (Wildman–Crippen MR) is 116 cm³/mol. The summed E-state index contributed by atoms with van der Waals surface area (Å²) in [6.45, 7) is 2.22. The van der Waals surface area contributed by atoms with Crippen molar-refractivity contribution in [1.82, 2.24) is 5.32 Å². The second-order valence-electron chi connectivity index (χ2n) is 6.71. The lowest BCUT2D eigenvalue weighted by atomic mass is 10.0. The van der Waals surface area contributed by atoms with E-state index >= 15 is 0 Å². The van der Waals surface area contributed by atoms with E-state index < -0.39 is 0 Å². The zero-order valence-electron chi connectivity index (χ0n) is 16.9. The van der Waals surface area contributed by atoms with Gasteiger partial charge < -0.3 is 20.1 Å². The molecule has 5 heteroatoms. The molecular weight excluding hydrogens is 364 g/mol. The Kier molecular flexibility index (Phi) is 6.87. The van der Waals surface area contributed by atoms with Gasteiger partial charge in [-0.25, -0.2) is 0 Å². The largest absolute Gasteiger partial charge is 0.497 e. The molecule has 1 unspecified atom stereocenters. The third-order valence-electron chi connectivity index (χ3n) is 4.77. The molecule has 0 aromatic heterocycles. The van der Waals surface area contributed by atoms with Crippen molar-refractivity contribution in [2.24, 2.45) is 0 Å². The first-order chi connectivity index (χ1) is 14.1. The second kappa shape index (κ2) is 9.75. The van der Waals surface area contributed by atoms with Crippen LogP contribution < -0.4 is 20.1 Å². The Bertz CT molecular complexity index is 940. The van der Waals surface area contributed by atoms with Crippen LogP contribution in [-0.2, 0) is 4.79 Å². The Labute approximate surface area is 171 Å². The molecule has 1 amide bonds. The number of anilines is 1. The van der Waals surface area contributed by atoms with Crippen molar-refractivity contribution in [1.29, 1.82) is 0 Å². The van der Waals surface area contributed by atoms with Crippen LogP contribution in [0.5, 0.6) is 11.5 Å². The minimum absolute atomic E-state index is 0.0396. The smallest absolute Gasteiger partial charge is 0.238 e. The lowest BCUT2D eigenvalue weighted by Crippen LogP contribution is -2.30. The van der Waals surface area contributed by atoms with Crippen molar-refractivity contribution in [2.45, 2.75) is 13.0 Å². The lowest BCUT2D eigenvalue weighted by molar-refractivity contribution is -0.115. The normalized spacial score (nSPS) is 11.6. The van der Waals surface area contributed by atoms with Gasteiger partial charge in [-0.2, -0.15) is 0 Å². The molecule has 1 atom stereocenters. The standard InChI is InChI=1S/C24H26N2O3/c1-17(18-9-11-20(12-10-18)19-7-5-4-6-8-19)25-16-24(27)26-22-15-21(28-2)13-14-23(22)29-3/h4-15,17,25H,16H2,1-3H3,(H,26,27). The third-order valence-corrected chi connectivity index (χ3v) is 4.77. The maximum Gasteiger partial charge on any atom is 0.238 e. The molecule has 0 aliphatic rings. The number of carbonyl (C=O) groups excluding carboxylic acids is 1. The number of rotatable bonds is 8. The summed E-state index contributed by atoms with van der Waals surface area (Å²) < 4.78 is 10.5. The summed E-state index contributed by atoms with van der Waals surface area (Å²) in [6, 6.07) is 24.0. The van der Waals surface area contributed by atoms with Crippen molar-refractivity contribution in [3.05, 3.63) is 78.4 Å². The zero-order valence-corrected chi connectivity index (χ0v) is 16.9. The quantitative estimate of drug-likeness (QED) is 0.587. The molecule has 29 heavy (non-hydrogen) atoms. The summed E-state index contributed by atoms with van der Waals surface area (Å²) in [7, 11) is 3.15. The number of ether oxygens (including phenoxy) is 2. The highest BCUT2D eigenvalue weighted by atomic mass is 16.5. The number of nitrogens with one attached hydrogen (secondary N) is 2. The maximum absolute atomic E-state index is 12.4. The van der Waals surface area contributed by atoms with E-state index in [-0.39, 0.29) is 18.5 Å². The summed E-state index contributed by atoms with van der Waals surface area (Å²) in [4.78, 5) is 12.4. The SMILES string of the molecule is COc1ccc(OC)c(NC(=O)CNC(C)c2ccc(-c3ccccc3)cc2)c1. The Morgan fingerprint density at radius 3 is 2.24 bits per heavy atom. The zero-order chi connectivity index (χ0) is 20.6. The van der Waals surface area contributed by atoms with Gasteiger partial charge in [0.05, 0.1) is 26.5 Å². The monoisotopic (exact) mass is 390 g/mol. The molecule has 3 aromatic rings. The average Bonchev–Trinajstić information content (AvgIpc) is 2.78. The Hall–Kier alpha value is -3.31. The van der Waals surface area contributed by atoms with Gasteiger partial charge in [0, 0.05) is 12.1 Å². The van der Waals surface area contributed by atoms with E-state index in [0.29, 0.717) is 17.2 Å². The molecule has 2 N–H and O–H groups in total.